The Kier molecular flexibility index (Phi) is 4.68. The van der Waals surface area contributed by atoms with Gasteiger partial charge in [0.2, 0.25) is 0 Å². The Balaban J connectivity index is 2.53. The maximum absolute atomic E-state index is 11.3. The smallest absolute Gasteiger partial charge is 0.338 e. The molecule has 5 heteroatoms. The Labute approximate surface area is 106 Å². The van der Waals surface area contributed by atoms with Gasteiger partial charge >= 0.3 is 5.97 Å². The third kappa shape index (κ3) is 3.80. The lowest BCUT2D eigenvalue weighted by Crippen LogP contribution is -2.46. The van der Waals surface area contributed by atoms with Crippen molar-refractivity contribution in [3.63, 3.8) is 0 Å². The van der Waals surface area contributed by atoms with Crippen LogP contribution >= 0.6 is 11.3 Å². The van der Waals surface area contributed by atoms with E-state index in [1.807, 2.05) is 19.9 Å². The Morgan fingerprint density at radius 2 is 2.29 bits per heavy atom. The van der Waals surface area contributed by atoms with E-state index >= 15 is 0 Å². The minimum atomic E-state index is -1.49. The number of rotatable bonds is 5. The van der Waals surface area contributed by atoms with E-state index in [1.54, 1.807) is 11.3 Å². The molecule has 0 radical (unpaired) electrons. The molecule has 1 aromatic rings. The number of carbonyl (C=O) groups excluding carboxylic acids is 1. The molecule has 0 aliphatic heterocycles. The Hall–Kier alpha value is -0.910. The normalized spacial score (nSPS) is 16.3. The number of hydrogen-bond acceptors (Lipinski definition) is 5. The molecule has 0 saturated carbocycles. The van der Waals surface area contributed by atoms with Crippen molar-refractivity contribution in [2.24, 2.45) is 0 Å². The fourth-order valence-electron chi connectivity index (χ4n) is 1.43. The first-order valence-electron chi connectivity index (χ1n) is 5.47. The number of aryl methyl sites for hydroxylation is 1. The van der Waals surface area contributed by atoms with Gasteiger partial charge in [-0.05, 0) is 32.9 Å². The summed E-state index contributed by atoms with van der Waals surface area (Å²) in [5, 5.41) is 13.0. The van der Waals surface area contributed by atoms with Gasteiger partial charge in [0.15, 0.2) is 5.60 Å². The molecule has 0 fully saturated rings. The predicted molar refractivity (Wildman–Crippen MR) is 68.1 cm³/mol. The van der Waals surface area contributed by atoms with E-state index in [-0.39, 0.29) is 12.6 Å². The first-order valence-corrected chi connectivity index (χ1v) is 6.29. The summed E-state index contributed by atoms with van der Waals surface area (Å²) in [7, 11) is 1.27. The number of ether oxygens (including phenoxy) is 1. The molecule has 1 heterocycles. The summed E-state index contributed by atoms with van der Waals surface area (Å²) in [5.41, 5.74) is -1.49. The van der Waals surface area contributed by atoms with Gasteiger partial charge in [-0.2, -0.15) is 0 Å². The minimum absolute atomic E-state index is 0.102. The topological polar surface area (TPSA) is 58.6 Å². The van der Waals surface area contributed by atoms with Gasteiger partial charge in [0.25, 0.3) is 0 Å². The molecular formula is C12H19NO3S. The van der Waals surface area contributed by atoms with Crippen molar-refractivity contribution in [3.05, 3.63) is 21.9 Å². The lowest BCUT2D eigenvalue weighted by molar-refractivity contribution is -0.160. The molecule has 2 unspecified atom stereocenters. The first-order chi connectivity index (χ1) is 7.86. The summed E-state index contributed by atoms with van der Waals surface area (Å²) >= 11 is 1.70. The van der Waals surface area contributed by atoms with E-state index < -0.39 is 11.6 Å². The van der Waals surface area contributed by atoms with Crippen LogP contribution in [-0.4, -0.2) is 30.3 Å². The van der Waals surface area contributed by atoms with Gasteiger partial charge in [-0.3, -0.25) is 0 Å². The zero-order valence-electron chi connectivity index (χ0n) is 10.6. The number of aliphatic hydroxyl groups is 1. The van der Waals surface area contributed by atoms with Gasteiger partial charge in [-0.25, -0.2) is 4.79 Å². The molecule has 17 heavy (non-hydrogen) atoms. The minimum Gasteiger partial charge on any atom is -0.467 e. The highest BCUT2D eigenvalue weighted by atomic mass is 32.1. The third-order valence-corrected chi connectivity index (χ3v) is 3.75. The van der Waals surface area contributed by atoms with E-state index in [0.29, 0.717) is 0 Å². The molecule has 1 aromatic heterocycles. The molecule has 0 spiro atoms. The number of methoxy groups -OCH3 is 1. The molecule has 2 N–H and O–H groups in total. The maximum Gasteiger partial charge on any atom is 0.338 e. The Morgan fingerprint density at radius 1 is 1.65 bits per heavy atom. The molecule has 1 rings (SSSR count). The summed E-state index contributed by atoms with van der Waals surface area (Å²) < 4.78 is 4.53. The molecule has 0 amide bonds. The van der Waals surface area contributed by atoms with E-state index in [2.05, 4.69) is 16.1 Å². The molecule has 0 aliphatic carbocycles. The largest absolute Gasteiger partial charge is 0.467 e. The highest BCUT2D eigenvalue weighted by Gasteiger charge is 2.31. The number of esters is 1. The molecule has 96 valence electrons. The summed E-state index contributed by atoms with van der Waals surface area (Å²) in [4.78, 5) is 13.7. The lowest BCUT2D eigenvalue weighted by atomic mass is 10.1. The molecule has 0 aliphatic rings. The molecule has 0 aromatic carbocycles. The van der Waals surface area contributed by atoms with Gasteiger partial charge < -0.3 is 15.2 Å². The van der Waals surface area contributed by atoms with Crippen LogP contribution in [0.15, 0.2) is 12.1 Å². The second kappa shape index (κ2) is 5.62. The summed E-state index contributed by atoms with van der Waals surface area (Å²) in [6.07, 6.45) is 0. The van der Waals surface area contributed by atoms with Gasteiger partial charge in [0.05, 0.1) is 7.11 Å². The van der Waals surface area contributed by atoms with Crippen LogP contribution in [0, 0.1) is 6.92 Å². The van der Waals surface area contributed by atoms with Crippen LogP contribution < -0.4 is 5.32 Å². The number of hydrogen-bond donors (Lipinski definition) is 2. The SMILES string of the molecule is COC(=O)C(C)(O)CNC(C)c1ccc(C)s1. The number of nitrogens with one attached hydrogen (secondary N) is 1. The lowest BCUT2D eigenvalue weighted by Gasteiger charge is -2.23. The van der Waals surface area contributed by atoms with Gasteiger partial charge in [0, 0.05) is 22.3 Å². The van der Waals surface area contributed by atoms with E-state index in [4.69, 9.17) is 0 Å². The molecular weight excluding hydrogens is 238 g/mol. The van der Waals surface area contributed by atoms with Crippen LogP contribution in [0.2, 0.25) is 0 Å². The molecule has 4 nitrogen and oxygen atoms in total. The summed E-state index contributed by atoms with van der Waals surface area (Å²) in [5.74, 6) is -0.625. The van der Waals surface area contributed by atoms with Crippen LogP contribution in [0.3, 0.4) is 0 Å². The first kappa shape index (κ1) is 14.2. The van der Waals surface area contributed by atoms with Crippen molar-refractivity contribution in [3.8, 4) is 0 Å². The van der Waals surface area contributed by atoms with Gasteiger partial charge in [0.1, 0.15) is 0 Å². The highest BCUT2D eigenvalue weighted by molar-refractivity contribution is 7.12. The van der Waals surface area contributed by atoms with E-state index in [0.717, 1.165) is 0 Å². The molecule has 2 atom stereocenters. The van der Waals surface area contributed by atoms with Crippen molar-refractivity contribution in [1.29, 1.82) is 0 Å². The van der Waals surface area contributed by atoms with Crippen LogP contribution in [0.5, 0.6) is 0 Å². The third-order valence-electron chi connectivity index (χ3n) is 2.57. The Morgan fingerprint density at radius 3 is 2.76 bits per heavy atom. The average molecular weight is 257 g/mol. The zero-order valence-corrected chi connectivity index (χ0v) is 11.4. The zero-order chi connectivity index (χ0) is 13.1. The fourth-order valence-corrected chi connectivity index (χ4v) is 2.33. The van der Waals surface area contributed by atoms with Crippen LogP contribution in [-0.2, 0) is 9.53 Å². The highest BCUT2D eigenvalue weighted by Crippen LogP contribution is 2.22. The second-order valence-electron chi connectivity index (χ2n) is 4.32. The van der Waals surface area contributed by atoms with Crippen LogP contribution in [0.1, 0.15) is 29.6 Å². The fraction of sp³-hybridized carbons (Fsp3) is 0.583. The maximum atomic E-state index is 11.3. The quantitative estimate of drug-likeness (QED) is 0.787. The van der Waals surface area contributed by atoms with Crippen LogP contribution in [0.4, 0.5) is 0 Å². The van der Waals surface area contributed by atoms with Crippen LogP contribution in [0.25, 0.3) is 0 Å². The molecule has 0 bridgehead atoms. The van der Waals surface area contributed by atoms with Crippen molar-refractivity contribution < 1.29 is 14.6 Å². The van der Waals surface area contributed by atoms with Crippen molar-refractivity contribution in [2.75, 3.05) is 13.7 Å². The van der Waals surface area contributed by atoms with Gasteiger partial charge in [-0.15, -0.1) is 11.3 Å². The van der Waals surface area contributed by atoms with Crippen molar-refractivity contribution >= 4 is 17.3 Å². The predicted octanol–water partition coefficient (Wildman–Crippen LogP) is 1.63. The van der Waals surface area contributed by atoms with Gasteiger partial charge in [-0.1, -0.05) is 0 Å². The monoisotopic (exact) mass is 257 g/mol. The van der Waals surface area contributed by atoms with Crippen molar-refractivity contribution in [1.82, 2.24) is 5.32 Å². The Bertz CT molecular complexity index is 387. The number of carbonyl (C=O) groups is 1. The average Bonchev–Trinajstić information content (AvgIpc) is 2.71. The van der Waals surface area contributed by atoms with Crippen molar-refractivity contribution in [2.45, 2.75) is 32.4 Å². The summed E-state index contributed by atoms with van der Waals surface area (Å²) in [6.45, 7) is 5.65. The standard InChI is InChI=1S/C12H19NO3S/c1-8-5-6-10(17-8)9(2)13-7-12(3,15)11(14)16-4/h5-6,9,13,15H,7H2,1-4H3. The van der Waals surface area contributed by atoms with E-state index in [1.165, 1.54) is 23.8 Å². The molecule has 0 saturated heterocycles. The number of thiophene rings is 1. The summed E-state index contributed by atoms with van der Waals surface area (Å²) in [6, 6.07) is 4.20. The van der Waals surface area contributed by atoms with E-state index in [9.17, 15) is 9.90 Å². The second-order valence-corrected chi connectivity index (χ2v) is 5.64.